The molecule has 0 amide bonds. The largest absolute Gasteiger partial charge is 0.491 e. The summed E-state index contributed by atoms with van der Waals surface area (Å²) in [5, 5.41) is 12.4. The molecule has 2 rings (SSSR count). The number of nitriles is 1. The minimum Gasteiger partial charge on any atom is -0.491 e. The van der Waals surface area contributed by atoms with E-state index in [1.165, 1.54) is 5.56 Å². The van der Waals surface area contributed by atoms with Gasteiger partial charge in [-0.15, -0.1) is 24.8 Å². The molecule has 124 valence electrons. The van der Waals surface area contributed by atoms with Crippen molar-refractivity contribution in [2.75, 3.05) is 26.2 Å². The van der Waals surface area contributed by atoms with E-state index in [0.717, 1.165) is 31.9 Å². The van der Waals surface area contributed by atoms with Crippen molar-refractivity contribution in [2.24, 2.45) is 0 Å². The van der Waals surface area contributed by atoms with Crippen LogP contribution in [0.2, 0.25) is 0 Å². The zero-order valence-corrected chi connectivity index (χ0v) is 14.8. The number of piperazine rings is 1. The number of nitrogens with zero attached hydrogens (tertiary/aromatic N) is 2. The van der Waals surface area contributed by atoms with Crippen molar-refractivity contribution in [2.45, 2.75) is 32.4 Å². The van der Waals surface area contributed by atoms with E-state index >= 15 is 0 Å². The molecule has 0 aliphatic carbocycles. The fraction of sp³-hybridized carbons (Fsp3) is 0.562. The summed E-state index contributed by atoms with van der Waals surface area (Å²) in [6, 6.07) is 10.7. The highest BCUT2D eigenvalue weighted by Gasteiger charge is 2.21. The van der Waals surface area contributed by atoms with Crippen molar-refractivity contribution in [3.8, 4) is 11.8 Å². The average molecular weight is 346 g/mol. The first kappa shape index (κ1) is 21.0. The second-order valence-corrected chi connectivity index (χ2v) is 5.40. The number of benzene rings is 1. The Kier molecular flexibility index (Phi) is 10.2. The van der Waals surface area contributed by atoms with Crippen molar-refractivity contribution >= 4 is 24.8 Å². The monoisotopic (exact) mass is 345 g/mol. The van der Waals surface area contributed by atoms with E-state index in [0.29, 0.717) is 6.42 Å². The van der Waals surface area contributed by atoms with Crippen molar-refractivity contribution in [1.29, 1.82) is 5.26 Å². The van der Waals surface area contributed by atoms with Crippen LogP contribution in [0.5, 0.6) is 5.75 Å². The lowest BCUT2D eigenvalue weighted by Gasteiger charge is -2.34. The highest BCUT2D eigenvalue weighted by atomic mass is 35.5. The van der Waals surface area contributed by atoms with Crippen molar-refractivity contribution in [1.82, 2.24) is 10.2 Å². The standard InChI is InChI=1S/C16H23N3O.2ClH/c1-13(2)20-15-5-3-14(4-6-15)16(7-8-17)19-11-9-18-10-12-19;;/h3-6,13,16,18H,7,9-12H2,1-2H3;2*1H/t16-;;/m0../s1. The molecule has 0 aromatic heterocycles. The maximum atomic E-state index is 9.09. The normalized spacial score (nSPS) is 16.1. The first-order valence-electron chi connectivity index (χ1n) is 7.29. The summed E-state index contributed by atoms with van der Waals surface area (Å²) in [4.78, 5) is 2.39. The molecule has 0 bridgehead atoms. The molecule has 0 unspecified atom stereocenters. The summed E-state index contributed by atoms with van der Waals surface area (Å²) >= 11 is 0. The van der Waals surface area contributed by atoms with Gasteiger partial charge in [-0.1, -0.05) is 12.1 Å². The first-order valence-corrected chi connectivity index (χ1v) is 7.29. The molecular formula is C16H25Cl2N3O. The highest BCUT2D eigenvalue weighted by Crippen LogP contribution is 2.26. The van der Waals surface area contributed by atoms with Gasteiger partial charge in [-0.25, -0.2) is 0 Å². The molecule has 22 heavy (non-hydrogen) atoms. The fourth-order valence-electron chi connectivity index (χ4n) is 2.58. The van der Waals surface area contributed by atoms with Crippen LogP contribution in [0.25, 0.3) is 0 Å². The molecule has 0 spiro atoms. The second-order valence-electron chi connectivity index (χ2n) is 5.40. The van der Waals surface area contributed by atoms with Crippen LogP contribution in [0.3, 0.4) is 0 Å². The van der Waals surface area contributed by atoms with Crippen LogP contribution >= 0.6 is 24.8 Å². The molecule has 1 heterocycles. The van der Waals surface area contributed by atoms with Gasteiger partial charge < -0.3 is 10.1 Å². The topological polar surface area (TPSA) is 48.3 Å². The maximum absolute atomic E-state index is 9.09. The van der Waals surface area contributed by atoms with E-state index in [1.54, 1.807) is 0 Å². The Bertz CT molecular complexity index is 453. The number of ether oxygens (including phenoxy) is 1. The number of rotatable bonds is 5. The van der Waals surface area contributed by atoms with Gasteiger partial charge in [0.1, 0.15) is 5.75 Å². The minimum atomic E-state index is 0. The van der Waals surface area contributed by atoms with E-state index in [-0.39, 0.29) is 37.0 Å². The molecule has 1 atom stereocenters. The zero-order valence-electron chi connectivity index (χ0n) is 13.1. The Hall–Kier alpha value is -0.990. The van der Waals surface area contributed by atoms with Crippen molar-refractivity contribution in [3.05, 3.63) is 29.8 Å². The lowest BCUT2D eigenvalue weighted by molar-refractivity contribution is 0.175. The molecule has 1 saturated heterocycles. The maximum Gasteiger partial charge on any atom is 0.119 e. The SMILES string of the molecule is CC(C)Oc1ccc([C@H](CC#N)N2CCNCC2)cc1.Cl.Cl. The summed E-state index contributed by atoms with van der Waals surface area (Å²) in [7, 11) is 0. The molecule has 1 aliphatic rings. The van der Waals surface area contributed by atoms with Crippen LogP contribution in [-0.2, 0) is 0 Å². The van der Waals surface area contributed by atoms with Gasteiger partial charge in [-0.2, -0.15) is 5.26 Å². The van der Waals surface area contributed by atoms with E-state index in [9.17, 15) is 0 Å². The van der Waals surface area contributed by atoms with Gasteiger partial charge in [0.2, 0.25) is 0 Å². The molecule has 0 saturated carbocycles. The number of nitrogens with one attached hydrogen (secondary N) is 1. The summed E-state index contributed by atoms with van der Waals surface area (Å²) in [6.07, 6.45) is 0.716. The molecule has 4 nitrogen and oxygen atoms in total. The van der Waals surface area contributed by atoms with Gasteiger partial charge in [0.25, 0.3) is 0 Å². The fourth-order valence-corrected chi connectivity index (χ4v) is 2.58. The van der Waals surface area contributed by atoms with Gasteiger partial charge in [0.15, 0.2) is 0 Å². The molecule has 6 heteroatoms. The van der Waals surface area contributed by atoms with Crippen molar-refractivity contribution < 1.29 is 4.74 Å². The minimum absolute atomic E-state index is 0. The van der Waals surface area contributed by atoms with Gasteiger partial charge >= 0.3 is 0 Å². The van der Waals surface area contributed by atoms with Crippen LogP contribution in [0, 0.1) is 11.3 Å². The molecule has 1 aliphatic heterocycles. The third-order valence-electron chi connectivity index (χ3n) is 3.51. The molecular weight excluding hydrogens is 321 g/mol. The lowest BCUT2D eigenvalue weighted by atomic mass is 10.0. The third-order valence-corrected chi connectivity index (χ3v) is 3.51. The van der Waals surface area contributed by atoms with Crippen LogP contribution in [0.15, 0.2) is 24.3 Å². The van der Waals surface area contributed by atoms with Crippen LogP contribution < -0.4 is 10.1 Å². The molecule has 1 fully saturated rings. The Morgan fingerprint density at radius 3 is 2.27 bits per heavy atom. The molecule has 1 aromatic carbocycles. The predicted octanol–water partition coefficient (Wildman–Crippen LogP) is 3.18. The number of hydrogen-bond donors (Lipinski definition) is 1. The Balaban J connectivity index is 0.00000220. The quantitative estimate of drug-likeness (QED) is 0.890. The van der Waals surface area contributed by atoms with Gasteiger partial charge in [0, 0.05) is 32.2 Å². The summed E-state index contributed by atoms with van der Waals surface area (Å²) in [6.45, 7) is 8.03. The number of hydrogen-bond acceptors (Lipinski definition) is 4. The van der Waals surface area contributed by atoms with Gasteiger partial charge in [-0.05, 0) is 31.5 Å². The molecule has 1 N–H and O–H groups in total. The number of halogens is 2. The van der Waals surface area contributed by atoms with E-state index in [1.807, 2.05) is 26.0 Å². The molecule has 1 aromatic rings. The Morgan fingerprint density at radius 2 is 1.77 bits per heavy atom. The van der Waals surface area contributed by atoms with Crippen LogP contribution in [-0.4, -0.2) is 37.2 Å². The smallest absolute Gasteiger partial charge is 0.119 e. The van der Waals surface area contributed by atoms with Crippen LogP contribution in [0.1, 0.15) is 31.9 Å². The van der Waals surface area contributed by atoms with Crippen LogP contribution in [0.4, 0.5) is 0 Å². The summed E-state index contributed by atoms with van der Waals surface area (Å²) in [5.74, 6) is 0.889. The zero-order chi connectivity index (χ0) is 14.4. The average Bonchev–Trinajstić information content (AvgIpc) is 2.46. The van der Waals surface area contributed by atoms with Gasteiger partial charge in [0.05, 0.1) is 18.6 Å². The van der Waals surface area contributed by atoms with E-state index in [2.05, 4.69) is 28.4 Å². The molecule has 0 radical (unpaired) electrons. The summed E-state index contributed by atoms with van der Waals surface area (Å²) in [5.41, 5.74) is 1.20. The van der Waals surface area contributed by atoms with Crippen molar-refractivity contribution in [3.63, 3.8) is 0 Å². The highest BCUT2D eigenvalue weighted by molar-refractivity contribution is 5.85. The Labute approximate surface area is 145 Å². The van der Waals surface area contributed by atoms with E-state index < -0.39 is 0 Å². The lowest BCUT2D eigenvalue weighted by Crippen LogP contribution is -2.45. The van der Waals surface area contributed by atoms with Gasteiger partial charge in [-0.3, -0.25) is 4.90 Å². The first-order chi connectivity index (χ1) is 9.70. The summed E-state index contributed by atoms with van der Waals surface area (Å²) < 4.78 is 5.67. The Morgan fingerprint density at radius 1 is 1.18 bits per heavy atom. The predicted molar refractivity (Wildman–Crippen MR) is 94.1 cm³/mol. The van der Waals surface area contributed by atoms with E-state index in [4.69, 9.17) is 10.00 Å². The second kappa shape index (κ2) is 10.7. The third kappa shape index (κ3) is 6.02.